The molecular weight excluding hydrogens is 354 g/mol. The predicted octanol–water partition coefficient (Wildman–Crippen LogP) is 3.81. The highest BCUT2D eigenvalue weighted by atomic mass is 16.2. The number of rotatable bonds is 6. The first-order chi connectivity index (χ1) is 13.6. The zero-order chi connectivity index (χ0) is 19.9. The molecule has 1 aliphatic rings. The van der Waals surface area contributed by atoms with Crippen LogP contribution in [0.3, 0.4) is 0 Å². The number of amides is 3. The third kappa shape index (κ3) is 4.52. The summed E-state index contributed by atoms with van der Waals surface area (Å²) in [5, 5.41) is 10.3. The maximum Gasteiger partial charge on any atom is 0.320 e. The lowest BCUT2D eigenvalue weighted by Gasteiger charge is -2.23. The van der Waals surface area contributed by atoms with Crippen LogP contribution in [0.2, 0.25) is 0 Å². The number of carbonyl (C=O) groups is 2. The fourth-order valence-electron chi connectivity index (χ4n) is 3.65. The summed E-state index contributed by atoms with van der Waals surface area (Å²) in [4.78, 5) is 27.3. The van der Waals surface area contributed by atoms with E-state index in [1.807, 2.05) is 44.2 Å². The van der Waals surface area contributed by atoms with E-state index in [2.05, 4.69) is 15.7 Å². The summed E-state index contributed by atoms with van der Waals surface area (Å²) >= 11 is 0. The van der Waals surface area contributed by atoms with Crippen LogP contribution < -0.4 is 10.6 Å². The van der Waals surface area contributed by atoms with E-state index in [1.165, 1.54) is 12.6 Å². The number of hydrogen-bond donors (Lipinski definition) is 2. The van der Waals surface area contributed by atoms with Gasteiger partial charge in [0.05, 0.1) is 11.9 Å². The molecule has 0 bridgehead atoms. The Hall–Kier alpha value is -2.83. The van der Waals surface area contributed by atoms with Gasteiger partial charge in [0, 0.05) is 19.1 Å². The summed E-state index contributed by atoms with van der Waals surface area (Å²) < 4.78 is 1.61. The minimum atomic E-state index is -0.293. The molecule has 2 aromatic rings. The van der Waals surface area contributed by atoms with Gasteiger partial charge in [-0.15, -0.1) is 0 Å². The maximum absolute atomic E-state index is 12.9. The Morgan fingerprint density at radius 1 is 1.11 bits per heavy atom. The molecule has 1 heterocycles. The van der Waals surface area contributed by atoms with Crippen molar-refractivity contribution in [3.8, 4) is 5.69 Å². The standard InChI is InChI=1S/C21H29N5O2/c1-3-25(4-2)20(27)18-15-22-26(17-13-9-6-10-14-17)19(18)24-21(28)23-16-11-7-5-8-12-16/h6,9-10,13-16H,3-5,7-8,11-12H2,1-2H3,(H2,23,24,28). The largest absolute Gasteiger partial charge is 0.339 e. The summed E-state index contributed by atoms with van der Waals surface area (Å²) in [6.45, 7) is 5.07. The van der Waals surface area contributed by atoms with Gasteiger partial charge in [-0.2, -0.15) is 5.10 Å². The van der Waals surface area contributed by atoms with Crippen LogP contribution in [0.4, 0.5) is 10.6 Å². The Bertz CT molecular complexity index is 792. The molecule has 7 nitrogen and oxygen atoms in total. The number of benzene rings is 1. The van der Waals surface area contributed by atoms with Crippen LogP contribution in [0.5, 0.6) is 0 Å². The number of aromatic nitrogens is 2. The third-order valence-electron chi connectivity index (χ3n) is 5.22. The highest BCUT2D eigenvalue weighted by Crippen LogP contribution is 2.23. The molecule has 1 saturated carbocycles. The SMILES string of the molecule is CCN(CC)C(=O)c1cnn(-c2ccccc2)c1NC(=O)NC1CCCCC1. The van der Waals surface area contributed by atoms with E-state index in [0.29, 0.717) is 24.5 Å². The fraction of sp³-hybridized carbons (Fsp3) is 0.476. The van der Waals surface area contributed by atoms with Gasteiger partial charge in [0.25, 0.3) is 5.91 Å². The first-order valence-electron chi connectivity index (χ1n) is 10.1. The van der Waals surface area contributed by atoms with Gasteiger partial charge < -0.3 is 10.2 Å². The van der Waals surface area contributed by atoms with Crippen LogP contribution in [-0.4, -0.2) is 45.8 Å². The molecule has 150 valence electrons. The van der Waals surface area contributed by atoms with E-state index < -0.39 is 0 Å². The molecule has 0 aliphatic heterocycles. The van der Waals surface area contributed by atoms with Gasteiger partial charge in [-0.1, -0.05) is 37.5 Å². The van der Waals surface area contributed by atoms with Crippen molar-refractivity contribution in [3.63, 3.8) is 0 Å². The van der Waals surface area contributed by atoms with Crippen molar-refractivity contribution >= 4 is 17.8 Å². The quantitative estimate of drug-likeness (QED) is 0.796. The average Bonchev–Trinajstić information content (AvgIpc) is 3.13. The second kappa shape index (κ2) is 9.39. The van der Waals surface area contributed by atoms with Crippen molar-refractivity contribution < 1.29 is 9.59 Å². The van der Waals surface area contributed by atoms with E-state index in [1.54, 1.807) is 9.58 Å². The first-order valence-corrected chi connectivity index (χ1v) is 10.1. The number of hydrogen-bond acceptors (Lipinski definition) is 3. The number of nitrogens with zero attached hydrogens (tertiary/aromatic N) is 3. The van der Waals surface area contributed by atoms with E-state index in [-0.39, 0.29) is 18.0 Å². The van der Waals surface area contributed by atoms with Crippen molar-refractivity contribution in [3.05, 3.63) is 42.1 Å². The lowest BCUT2D eigenvalue weighted by Crippen LogP contribution is -2.40. The summed E-state index contributed by atoms with van der Waals surface area (Å²) in [6.07, 6.45) is 7.03. The van der Waals surface area contributed by atoms with Gasteiger partial charge in [0.1, 0.15) is 5.56 Å². The zero-order valence-electron chi connectivity index (χ0n) is 16.6. The summed E-state index contributed by atoms with van der Waals surface area (Å²) in [6, 6.07) is 9.38. The van der Waals surface area contributed by atoms with Crippen molar-refractivity contribution in [1.29, 1.82) is 0 Å². The van der Waals surface area contributed by atoms with Gasteiger partial charge in [-0.05, 0) is 38.8 Å². The lowest BCUT2D eigenvalue weighted by atomic mass is 9.96. The third-order valence-corrected chi connectivity index (χ3v) is 5.22. The molecule has 2 N–H and O–H groups in total. The lowest BCUT2D eigenvalue weighted by molar-refractivity contribution is 0.0774. The van der Waals surface area contributed by atoms with E-state index in [9.17, 15) is 9.59 Å². The average molecular weight is 383 g/mol. The molecule has 0 radical (unpaired) electrons. The van der Waals surface area contributed by atoms with Gasteiger partial charge in [-0.3, -0.25) is 10.1 Å². The molecule has 0 spiro atoms. The van der Waals surface area contributed by atoms with E-state index >= 15 is 0 Å². The number of nitrogens with one attached hydrogen (secondary N) is 2. The van der Waals surface area contributed by atoms with E-state index in [0.717, 1.165) is 31.4 Å². The molecule has 3 amide bonds. The monoisotopic (exact) mass is 383 g/mol. The van der Waals surface area contributed by atoms with Crippen LogP contribution in [0.1, 0.15) is 56.3 Å². The molecule has 7 heteroatoms. The highest BCUT2D eigenvalue weighted by Gasteiger charge is 2.24. The normalized spacial score (nSPS) is 14.5. The van der Waals surface area contributed by atoms with Gasteiger partial charge in [0.15, 0.2) is 5.82 Å². The maximum atomic E-state index is 12.9. The van der Waals surface area contributed by atoms with E-state index in [4.69, 9.17) is 0 Å². The molecule has 0 saturated heterocycles. The minimum Gasteiger partial charge on any atom is -0.339 e. The molecular formula is C21H29N5O2. The molecule has 0 atom stereocenters. The number of urea groups is 1. The summed E-state index contributed by atoms with van der Waals surface area (Å²) in [5.74, 6) is 0.261. The predicted molar refractivity (Wildman–Crippen MR) is 110 cm³/mol. The van der Waals surface area contributed by atoms with Crippen molar-refractivity contribution in [2.45, 2.75) is 52.0 Å². The summed E-state index contributed by atoms with van der Waals surface area (Å²) in [5.41, 5.74) is 1.18. The van der Waals surface area contributed by atoms with Crippen LogP contribution in [0, 0.1) is 0 Å². The topological polar surface area (TPSA) is 79.3 Å². The molecule has 1 fully saturated rings. The Morgan fingerprint density at radius 3 is 2.43 bits per heavy atom. The highest BCUT2D eigenvalue weighted by molar-refractivity contribution is 6.02. The molecule has 3 rings (SSSR count). The smallest absolute Gasteiger partial charge is 0.320 e. The van der Waals surface area contributed by atoms with Gasteiger partial charge >= 0.3 is 6.03 Å². The second-order valence-electron chi connectivity index (χ2n) is 7.07. The Balaban J connectivity index is 1.88. The van der Waals surface area contributed by atoms with Crippen molar-refractivity contribution in [2.75, 3.05) is 18.4 Å². The van der Waals surface area contributed by atoms with Crippen LogP contribution in [0.25, 0.3) is 5.69 Å². The first kappa shape index (κ1) is 19.9. The fourth-order valence-corrected chi connectivity index (χ4v) is 3.65. The number of anilines is 1. The second-order valence-corrected chi connectivity index (χ2v) is 7.07. The van der Waals surface area contributed by atoms with Gasteiger partial charge in [0.2, 0.25) is 0 Å². The zero-order valence-corrected chi connectivity index (χ0v) is 16.6. The Labute approximate surface area is 166 Å². The molecule has 1 aromatic heterocycles. The molecule has 0 unspecified atom stereocenters. The molecule has 1 aliphatic carbocycles. The Morgan fingerprint density at radius 2 is 1.79 bits per heavy atom. The minimum absolute atomic E-state index is 0.139. The molecule has 28 heavy (non-hydrogen) atoms. The number of carbonyl (C=O) groups excluding carboxylic acids is 2. The van der Waals surface area contributed by atoms with Crippen molar-refractivity contribution in [2.24, 2.45) is 0 Å². The van der Waals surface area contributed by atoms with Crippen LogP contribution >= 0.6 is 0 Å². The van der Waals surface area contributed by atoms with Crippen LogP contribution in [0.15, 0.2) is 36.5 Å². The number of para-hydroxylation sites is 1. The van der Waals surface area contributed by atoms with Gasteiger partial charge in [-0.25, -0.2) is 9.48 Å². The van der Waals surface area contributed by atoms with Crippen LogP contribution in [-0.2, 0) is 0 Å². The molecule has 1 aromatic carbocycles. The van der Waals surface area contributed by atoms with Crippen molar-refractivity contribution in [1.82, 2.24) is 20.0 Å². The summed E-state index contributed by atoms with van der Waals surface area (Å²) in [7, 11) is 0. The Kier molecular flexibility index (Phi) is 6.68.